The molecular weight excluding hydrogens is 1550 g/mol. The fraction of sp³-hybridized carbons (Fsp3) is 0.0732. The molecule has 0 radical (unpaired) electrons. The van der Waals surface area contributed by atoms with Crippen molar-refractivity contribution in [2.45, 2.75) is 57.8 Å². The molecule has 0 saturated heterocycles. The van der Waals surface area contributed by atoms with Crippen LogP contribution in [0.5, 0.6) is 0 Å². The van der Waals surface area contributed by atoms with Gasteiger partial charge in [0.05, 0.1) is 55.5 Å². The normalized spacial score (nSPS) is 13.9. The maximum absolute atomic E-state index is 2.55. The maximum Gasteiger partial charge on any atom is 0.0621 e. The highest BCUT2D eigenvalue weighted by molar-refractivity contribution is 6.29. The average molecular weight is 1630 g/mol. The summed E-state index contributed by atoms with van der Waals surface area (Å²) < 4.78 is 7.55. The molecule has 0 fully saturated rings. The molecule has 5 nitrogen and oxygen atoms in total. The summed E-state index contributed by atoms with van der Waals surface area (Å²) in [5.74, 6) is 0. The number of benzene rings is 19. The molecule has 5 heteroatoms. The first-order valence-corrected chi connectivity index (χ1v) is 45.0. The van der Waals surface area contributed by atoms with Crippen molar-refractivity contribution in [2.75, 3.05) is 9.80 Å². The molecule has 0 bridgehead atoms. The van der Waals surface area contributed by atoms with E-state index in [2.05, 4.69) is 471 Å². The van der Waals surface area contributed by atoms with E-state index in [9.17, 15) is 0 Å². The molecule has 27 rings (SSSR count). The zero-order valence-corrected chi connectivity index (χ0v) is 71.9. The third-order valence-electron chi connectivity index (χ3n) is 29.7. The first kappa shape index (κ1) is 72.6. The highest BCUT2D eigenvalue weighted by Gasteiger charge is 2.40. The van der Waals surface area contributed by atoms with Gasteiger partial charge in [-0.2, -0.15) is 0 Å². The third kappa shape index (κ3) is 10.1. The van der Waals surface area contributed by atoms with E-state index in [4.69, 9.17) is 0 Å². The lowest BCUT2D eigenvalue weighted by Gasteiger charge is -2.27. The second-order valence-corrected chi connectivity index (χ2v) is 37.4. The van der Waals surface area contributed by atoms with Gasteiger partial charge in [-0.25, -0.2) is 0 Å². The van der Waals surface area contributed by atoms with Gasteiger partial charge in [-0.05, 0) is 238 Å². The second-order valence-electron chi connectivity index (χ2n) is 37.4. The summed E-state index contributed by atoms with van der Waals surface area (Å²) in [6, 6.07) is 154. The van der Waals surface area contributed by atoms with Gasteiger partial charge >= 0.3 is 0 Å². The van der Waals surface area contributed by atoms with Gasteiger partial charge in [0.25, 0.3) is 0 Å². The zero-order chi connectivity index (χ0) is 84.9. The SMILES string of the molecule is CC1(C)c2ccccc2-c2cc(-c3ccc(N(c4ccc(-c5cccc6c7c(-c8ccc9c(c8)c8cccc%10c%11c(N(c%12ccc(-c%13ccc%14c(c%13)-c%13ccccc%13C%14(C)C)cc%12)c%12ccc(-c%13cccc%14c%13C(C)(C)c%13ccccc%13-%14)cc%12)cccc%11n9c8%10)cccc7n(-c7ccccc7)c56)cc4)c4cccc5c4c4cccc6c7ccccc7n5c64)cc3)ccc21. The van der Waals surface area contributed by atoms with Crippen molar-refractivity contribution in [1.82, 2.24) is 13.4 Å². The van der Waals surface area contributed by atoms with E-state index in [1.807, 2.05) is 0 Å². The largest absolute Gasteiger partial charge is 0.310 e. The van der Waals surface area contributed by atoms with Crippen LogP contribution in [-0.2, 0) is 16.2 Å². The molecule has 19 aromatic carbocycles. The molecular formula is C123H85N5. The summed E-state index contributed by atoms with van der Waals surface area (Å²) in [6.45, 7) is 14.2. The fourth-order valence-corrected chi connectivity index (χ4v) is 23.9. The van der Waals surface area contributed by atoms with Crippen LogP contribution in [-0.4, -0.2) is 13.4 Å². The summed E-state index contributed by atoms with van der Waals surface area (Å²) in [5.41, 5.74) is 45.1. The van der Waals surface area contributed by atoms with Crippen molar-refractivity contribution < 1.29 is 0 Å². The van der Waals surface area contributed by atoms with Crippen LogP contribution in [0.1, 0.15) is 74.9 Å². The number of hydrogen-bond donors (Lipinski definition) is 0. The minimum absolute atomic E-state index is 0.0647. The van der Waals surface area contributed by atoms with Crippen molar-refractivity contribution in [1.29, 1.82) is 0 Å². The number of hydrogen-bond acceptors (Lipinski definition) is 2. The Balaban J connectivity index is 0.582. The summed E-state index contributed by atoms with van der Waals surface area (Å²) in [6.07, 6.45) is 0. The minimum atomic E-state index is -0.157. The summed E-state index contributed by atoms with van der Waals surface area (Å²) >= 11 is 0. The van der Waals surface area contributed by atoms with Crippen molar-refractivity contribution >= 4 is 132 Å². The van der Waals surface area contributed by atoms with Crippen molar-refractivity contribution in [2.24, 2.45) is 0 Å². The van der Waals surface area contributed by atoms with E-state index in [-0.39, 0.29) is 16.2 Å². The van der Waals surface area contributed by atoms with Gasteiger partial charge in [-0.15, -0.1) is 0 Å². The molecule has 0 atom stereocenters. The van der Waals surface area contributed by atoms with Crippen LogP contribution in [0.3, 0.4) is 0 Å². The van der Waals surface area contributed by atoms with Crippen LogP contribution >= 0.6 is 0 Å². The quantitative estimate of drug-likeness (QED) is 0.121. The Hall–Kier alpha value is -15.8. The lowest BCUT2D eigenvalue weighted by molar-refractivity contribution is 0.660. The first-order valence-electron chi connectivity index (χ1n) is 45.0. The standard InChI is InChI=1S/C123H85N5/c1-121(2)102-40-14-11-28-90(102)99-71-78(57-68-105(99)121)74-49-60-82(61-50-74)124(84-64-53-76(54-65-84)87-32-18-34-93-89-27-10-16-42-104(89)123(5,6)117(87)93)111-46-24-48-113-116(111)98-39-21-36-95-101-73-80(59-70-108(101)128(113)120(95)98)86-31-22-44-109-114(86)96-37-19-33-88(118(96)126(109)81-25-8-7-9-26-81)77-55-66-85(67-56-77)125(110-45-23-47-112-115(110)97-38-20-35-94-92-30-13-17-43-107(92)127(112)119(94)97)83-62-51-75(52-63-83)79-58-69-106-100(72-79)91-29-12-15-41-103(91)122(106,3)4/h7-73H,1-6H3. The van der Waals surface area contributed by atoms with Gasteiger partial charge in [0.15, 0.2) is 0 Å². The maximum atomic E-state index is 2.55. The Morgan fingerprint density at radius 2 is 0.555 bits per heavy atom. The number of fused-ring (bicyclic) bond motifs is 24. The lowest BCUT2D eigenvalue weighted by Crippen LogP contribution is -2.16. The Morgan fingerprint density at radius 1 is 0.195 bits per heavy atom. The van der Waals surface area contributed by atoms with Crippen LogP contribution in [0.15, 0.2) is 406 Å². The topological polar surface area (TPSA) is 20.2 Å². The van der Waals surface area contributed by atoms with Gasteiger partial charge in [0.1, 0.15) is 0 Å². The molecule has 3 aliphatic rings. The van der Waals surface area contributed by atoms with Gasteiger partial charge in [-0.1, -0.05) is 327 Å². The Labute approximate surface area is 742 Å². The molecule has 128 heavy (non-hydrogen) atoms. The number of para-hydroxylation sites is 5. The molecule has 24 aromatic rings. The van der Waals surface area contributed by atoms with Crippen molar-refractivity contribution in [3.8, 4) is 94.7 Å². The van der Waals surface area contributed by atoms with Crippen LogP contribution in [0.4, 0.5) is 34.1 Å². The lowest BCUT2D eigenvalue weighted by atomic mass is 9.79. The van der Waals surface area contributed by atoms with Crippen LogP contribution in [0, 0.1) is 0 Å². The van der Waals surface area contributed by atoms with Gasteiger partial charge in [0.2, 0.25) is 0 Å². The first-order chi connectivity index (χ1) is 62.8. The molecule has 3 aliphatic carbocycles. The molecule has 0 saturated carbocycles. The Kier molecular flexibility index (Phi) is 15.1. The molecule has 0 spiro atoms. The highest BCUT2D eigenvalue weighted by atomic mass is 15.2. The fourth-order valence-electron chi connectivity index (χ4n) is 23.9. The van der Waals surface area contributed by atoms with Crippen molar-refractivity contribution in [3.63, 3.8) is 0 Å². The molecule has 5 aromatic heterocycles. The summed E-state index contributed by atoms with van der Waals surface area (Å²) in [5, 5.41) is 12.3. The van der Waals surface area contributed by atoms with E-state index >= 15 is 0 Å². The Bertz CT molecular complexity index is 8810. The number of nitrogens with zero attached hydrogens (tertiary/aromatic N) is 5. The monoisotopic (exact) mass is 1630 g/mol. The summed E-state index contributed by atoms with van der Waals surface area (Å²) in [7, 11) is 0. The van der Waals surface area contributed by atoms with Gasteiger partial charge < -0.3 is 23.2 Å². The molecule has 602 valence electrons. The van der Waals surface area contributed by atoms with E-state index in [0.717, 1.165) is 62.0 Å². The second kappa shape index (κ2) is 26.6. The molecule has 0 amide bonds. The van der Waals surface area contributed by atoms with Crippen LogP contribution < -0.4 is 9.80 Å². The molecule has 0 unspecified atom stereocenters. The van der Waals surface area contributed by atoms with Crippen LogP contribution in [0.25, 0.3) is 193 Å². The predicted octanol–water partition coefficient (Wildman–Crippen LogP) is 33.3. The number of anilines is 6. The number of aromatic nitrogens is 3. The number of rotatable bonds is 12. The van der Waals surface area contributed by atoms with Gasteiger partial charge in [-0.3, -0.25) is 0 Å². The molecule has 5 heterocycles. The Morgan fingerprint density at radius 3 is 1.12 bits per heavy atom. The predicted molar refractivity (Wildman–Crippen MR) is 539 cm³/mol. The van der Waals surface area contributed by atoms with E-state index in [1.165, 1.54) is 198 Å². The van der Waals surface area contributed by atoms with E-state index in [1.54, 1.807) is 0 Å². The molecule has 0 aliphatic heterocycles. The van der Waals surface area contributed by atoms with E-state index in [0.29, 0.717) is 0 Å². The highest BCUT2D eigenvalue weighted by Crippen LogP contribution is 2.57. The van der Waals surface area contributed by atoms with Crippen molar-refractivity contribution in [3.05, 3.63) is 440 Å². The average Bonchev–Trinajstić information content (AvgIpc) is 1.63. The van der Waals surface area contributed by atoms with E-state index < -0.39 is 0 Å². The third-order valence-corrected chi connectivity index (χ3v) is 29.7. The minimum Gasteiger partial charge on any atom is -0.310 e. The zero-order valence-electron chi connectivity index (χ0n) is 71.9. The summed E-state index contributed by atoms with van der Waals surface area (Å²) in [4.78, 5) is 4.99. The smallest absolute Gasteiger partial charge is 0.0621 e. The molecule has 0 N–H and O–H groups in total. The van der Waals surface area contributed by atoms with Gasteiger partial charge in [0, 0.05) is 104 Å². The van der Waals surface area contributed by atoms with Crippen LogP contribution in [0.2, 0.25) is 0 Å².